The number of carbonyl (C=O) groups excluding carboxylic acids is 1. The highest BCUT2D eigenvalue weighted by Gasteiger charge is 2.27. The number of anilines is 2. The van der Waals surface area contributed by atoms with Gasteiger partial charge in [-0.15, -0.1) is 0 Å². The van der Waals surface area contributed by atoms with E-state index in [2.05, 4.69) is 26.4 Å². The third kappa shape index (κ3) is 5.16. The van der Waals surface area contributed by atoms with E-state index < -0.39 is 6.23 Å². The van der Waals surface area contributed by atoms with Crippen LogP contribution in [-0.2, 0) is 4.74 Å². The second-order valence-corrected chi connectivity index (χ2v) is 10.4. The fourth-order valence-corrected chi connectivity index (χ4v) is 4.35. The molecule has 5 N–H and O–H groups in total. The number of methoxy groups -OCH3 is 1. The highest BCUT2D eigenvalue weighted by Crippen LogP contribution is 2.30. The maximum absolute atomic E-state index is 12.6. The molecule has 0 bridgehead atoms. The maximum atomic E-state index is 12.6. The molecule has 2 aromatic heterocycles. The van der Waals surface area contributed by atoms with Crippen molar-refractivity contribution in [3.05, 3.63) is 41.6 Å². The number of amides is 1. The monoisotopic (exact) mass is 493 g/mol. The van der Waals surface area contributed by atoms with E-state index in [0.717, 1.165) is 48.3 Å². The van der Waals surface area contributed by atoms with E-state index in [1.807, 2.05) is 45.0 Å². The summed E-state index contributed by atoms with van der Waals surface area (Å²) in [5, 5.41) is 27.8. The lowest BCUT2D eigenvalue weighted by Gasteiger charge is -2.24. The van der Waals surface area contributed by atoms with Gasteiger partial charge < -0.3 is 25.8 Å². The summed E-state index contributed by atoms with van der Waals surface area (Å²) in [5.74, 6) is 1.38. The van der Waals surface area contributed by atoms with Crippen LogP contribution in [0.15, 0.2) is 30.5 Å². The van der Waals surface area contributed by atoms with Gasteiger partial charge in [0.1, 0.15) is 17.9 Å². The Balaban J connectivity index is 1.50. The van der Waals surface area contributed by atoms with Gasteiger partial charge in [0.2, 0.25) is 0 Å². The summed E-state index contributed by atoms with van der Waals surface area (Å²) in [4.78, 5) is 17.5. The lowest BCUT2D eigenvalue weighted by Crippen LogP contribution is -2.35. The first kappa shape index (κ1) is 24.5. The Hall–Kier alpha value is -3.21. The van der Waals surface area contributed by atoms with Gasteiger partial charge in [-0.1, -0.05) is 12.1 Å². The van der Waals surface area contributed by atoms with Crippen molar-refractivity contribution in [1.82, 2.24) is 25.2 Å². The number of carbonyl (C=O) groups is 1. The van der Waals surface area contributed by atoms with Gasteiger partial charge in [-0.25, -0.2) is 4.98 Å². The zero-order chi connectivity index (χ0) is 25.4. The second kappa shape index (κ2) is 9.68. The number of benzene rings is 1. The van der Waals surface area contributed by atoms with Crippen LogP contribution in [0.2, 0.25) is 0 Å². The molecule has 0 unspecified atom stereocenters. The van der Waals surface area contributed by atoms with Crippen LogP contribution >= 0.6 is 0 Å². The number of rotatable bonds is 9. The number of hydrogen-bond donors (Lipinski definition) is 5. The van der Waals surface area contributed by atoms with Gasteiger partial charge in [-0.2, -0.15) is 9.61 Å². The molecule has 0 spiro atoms. The molecule has 1 amide bonds. The van der Waals surface area contributed by atoms with Crippen LogP contribution in [0.3, 0.4) is 0 Å². The standard InChI is InChI=1S/C26H35N7O3/c1-15-11-16(5-8-18(15)24(34)30-17-6-7-17)19-13-29-33-22(28-14-26(2,3)36-4)12-21(32-23(19)33)31-20-9-10-27-25(20)35/h5,8,11-13,17,20,25,27-28,35H,6-7,9-10,14H2,1-4H3,(H,30,34)(H,31,32)/t20-,25-/m0/s1. The van der Waals surface area contributed by atoms with Crippen LogP contribution in [0.5, 0.6) is 0 Å². The molecule has 1 aliphatic heterocycles. The van der Waals surface area contributed by atoms with Gasteiger partial charge in [0.15, 0.2) is 5.65 Å². The Labute approximate surface area is 210 Å². The average molecular weight is 494 g/mol. The van der Waals surface area contributed by atoms with Gasteiger partial charge in [0, 0.05) is 36.9 Å². The molecular formula is C26H35N7O3. The van der Waals surface area contributed by atoms with E-state index in [-0.39, 0.29) is 17.6 Å². The Bertz CT molecular complexity index is 1270. The number of ether oxygens (including phenoxy) is 1. The molecular weight excluding hydrogens is 458 g/mol. The summed E-state index contributed by atoms with van der Waals surface area (Å²) >= 11 is 0. The number of hydrogen-bond acceptors (Lipinski definition) is 8. The highest BCUT2D eigenvalue weighted by atomic mass is 16.5. The van der Waals surface area contributed by atoms with Crippen LogP contribution in [0.1, 0.15) is 49.0 Å². The smallest absolute Gasteiger partial charge is 0.251 e. The summed E-state index contributed by atoms with van der Waals surface area (Å²) in [5.41, 5.74) is 3.67. The molecule has 1 saturated heterocycles. The summed E-state index contributed by atoms with van der Waals surface area (Å²) < 4.78 is 7.35. The van der Waals surface area contributed by atoms with E-state index in [1.54, 1.807) is 17.8 Å². The summed E-state index contributed by atoms with van der Waals surface area (Å²) in [6.45, 7) is 7.28. The molecule has 1 saturated carbocycles. The van der Waals surface area contributed by atoms with Gasteiger partial charge in [-0.3, -0.25) is 10.1 Å². The maximum Gasteiger partial charge on any atom is 0.251 e. The summed E-state index contributed by atoms with van der Waals surface area (Å²) in [6.07, 6.45) is 4.07. The fraction of sp³-hybridized carbons (Fsp3) is 0.500. The molecule has 10 heteroatoms. The summed E-state index contributed by atoms with van der Waals surface area (Å²) in [6, 6.07) is 7.90. The van der Waals surface area contributed by atoms with Gasteiger partial charge >= 0.3 is 0 Å². The number of aliphatic hydroxyl groups excluding tert-OH is 1. The van der Waals surface area contributed by atoms with E-state index >= 15 is 0 Å². The van der Waals surface area contributed by atoms with Crippen LogP contribution in [-0.4, -0.2) is 69.7 Å². The molecule has 2 aliphatic rings. The molecule has 1 aliphatic carbocycles. The van der Waals surface area contributed by atoms with Crippen molar-refractivity contribution in [2.45, 2.75) is 63.9 Å². The number of aromatic nitrogens is 3. The first-order valence-corrected chi connectivity index (χ1v) is 12.5. The van der Waals surface area contributed by atoms with Crippen molar-refractivity contribution in [2.75, 3.05) is 30.8 Å². The van der Waals surface area contributed by atoms with Crippen molar-refractivity contribution < 1.29 is 14.6 Å². The van der Waals surface area contributed by atoms with Crippen molar-refractivity contribution in [3.8, 4) is 11.1 Å². The Morgan fingerprint density at radius 2 is 2.08 bits per heavy atom. The highest BCUT2D eigenvalue weighted by molar-refractivity contribution is 5.97. The molecule has 10 nitrogen and oxygen atoms in total. The molecule has 2 fully saturated rings. The topological polar surface area (TPSA) is 125 Å². The minimum Gasteiger partial charge on any atom is -0.377 e. The molecule has 3 aromatic rings. The zero-order valence-electron chi connectivity index (χ0n) is 21.3. The lowest BCUT2D eigenvalue weighted by atomic mass is 10.0. The normalized spacial score (nSPS) is 20.0. The third-order valence-electron chi connectivity index (χ3n) is 6.94. The Kier molecular flexibility index (Phi) is 6.59. The van der Waals surface area contributed by atoms with Crippen LogP contribution in [0.25, 0.3) is 16.8 Å². The zero-order valence-corrected chi connectivity index (χ0v) is 21.3. The molecule has 2 atom stereocenters. The number of nitrogens with one attached hydrogen (secondary N) is 4. The van der Waals surface area contributed by atoms with E-state index in [4.69, 9.17) is 9.72 Å². The van der Waals surface area contributed by atoms with E-state index in [1.165, 1.54) is 0 Å². The predicted molar refractivity (Wildman–Crippen MR) is 139 cm³/mol. The third-order valence-corrected chi connectivity index (χ3v) is 6.94. The first-order chi connectivity index (χ1) is 17.2. The van der Waals surface area contributed by atoms with Gasteiger partial charge in [0.25, 0.3) is 5.91 Å². The van der Waals surface area contributed by atoms with E-state index in [9.17, 15) is 9.90 Å². The van der Waals surface area contributed by atoms with E-state index in [0.29, 0.717) is 29.6 Å². The van der Waals surface area contributed by atoms with Crippen LogP contribution in [0.4, 0.5) is 11.6 Å². The van der Waals surface area contributed by atoms with Crippen LogP contribution in [0, 0.1) is 6.92 Å². The Morgan fingerprint density at radius 3 is 2.75 bits per heavy atom. The number of aliphatic hydroxyl groups is 1. The molecule has 5 rings (SSSR count). The molecule has 36 heavy (non-hydrogen) atoms. The largest absolute Gasteiger partial charge is 0.377 e. The number of nitrogens with zero attached hydrogens (tertiary/aromatic N) is 3. The average Bonchev–Trinajstić information content (AvgIpc) is 3.41. The minimum atomic E-state index is -0.631. The number of aryl methyl sites for hydroxylation is 1. The second-order valence-electron chi connectivity index (χ2n) is 10.4. The van der Waals surface area contributed by atoms with Crippen LogP contribution < -0.4 is 21.3 Å². The van der Waals surface area contributed by atoms with Gasteiger partial charge in [0.05, 0.1) is 17.8 Å². The summed E-state index contributed by atoms with van der Waals surface area (Å²) in [7, 11) is 1.69. The fourth-order valence-electron chi connectivity index (χ4n) is 4.35. The van der Waals surface area contributed by atoms with Crippen molar-refractivity contribution >= 4 is 23.2 Å². The minimum absolute atomic E-state index is 0.0259. The lowest BCUT2D eigenvalue weighted by molar-refractivity contribution is 0.0343. The SMILES string of the molecule is COC(C)(C)CNc1cc(N[C@H]2CCN[C@H]2O)nc2c(-c3ccc(C(=O)NC4CC4)c(C)c3)cnn12. The van der Waals surface area contributed by atoms with Crippen molar-refractivity contribution in [1.29, 1.82) is 0 Å². The molecule has 3 heterocycles. The number of fused-ring (bicyclic) bond motifs is 1. The van der Waals surface area contributed by atoms with Crippen molar-refractivity contribution in [3.63, 3.8) is 0 Å². The van der Waals surface area contributed by atoms with Crippen molar-refractivity contribution in [2.24, 2.45) is 0 Å². The predicted octanol–water partition coefficient (Wildman–Crippen LogP) is 2.53. The van der Waals surface area contributed by atoms with Gasteiger partial charge in [-0.05, 0) is 63.8 Å². The Morgan fingerprint density at radius 1 is 1.28 bits per heavy atom. The molecule has 1 aromatic carbocycles. The quantitative estimate of drug-likeness (QED) is 0.308. The molecule has 192 valence electrons. The molecule has 0 radical (unpaired) electrons. The first-order valence-electron chi connectivity index (χ1n) is 12.5.